The molecular formula is C14H18N2O2S. The number of hydrogen-bond acceptors (Lipinski definition) is 5. The van der Waals surface area contributed by atoms with Crippen molar-refractivity contribution < 1.29 is 9.47 Å². The lowest BCUT2D eigenvalue weighted by Gasteiger charge is -2.12. The van der Waals surface area contributed by atoms with E-state index in [9.17, 15) is 0 Å². The van der Waals surface area contributed by atoms with Crippen molar-refractivity contribution in [3.8, 4) is 11.5 Å². The fourth-order valence-electron chi connectivity index (χ4n) is 1.79. The molecule has 1 aromatic heterocycles. The molecule has 0 spiro atoms. The summed E-state index contributed by atoms with van der Waals surface area (Å²) in [6.07, 6.45) is 2.59. The van der Waals surface area contributed by atoms with Crippen LogP contribution in [0.1, 0.15) is 17.5 Å². The lowest BCUT2D eigenvalue weighted by atomic mass is 10.1. The molecule has 19 heavy (non-hydrogen) atoms. The number of thiazole rings is 1. The van der Waals surface area contributed by atoms with E-state index in [-0.39, 0.29) is 6.04 Å². The third kappa shape index (κ3) is 3.94. The van der Waals surface area contributed by atoms with Gasteiger partial charge in [0.1, 0.15) is 11.6 Å². The smallest absolute Gasteiger partial charge is 0.161 e. The minimum atomic E-state index is 0.131. The summed E-state index contributed by atoms with van der Waals surface area (Å²) >= 11 is 1.57. The predicted octanol–water partition coefficient (Wildman–Crippen LogP) is 2.62. The van der Waals surface area contributed by atoms with Crippen molar-refractivity contribution in [2.24, 2.45) is 5.73 Å². The van der Waals surface area contributed by atoms with Crippen LogP contribution in [0.3, 0.4) is 0 Å². The van der Waals surface area contributed by atoms with Crippen LogP contribution < -0.4 is 15.2 Å². The van der Waals surface area contributed by atoms with E-state index < -0.39 is 0 Å². The summed E-state index contributed by atoms with van der Waals surface area (Å²) in [5.74, 6) is 1.46. The molecule has 0 saturated heterocycles. The molecule has 0 radical (unpaired) electrons. The maximum Gasteiger partial charge on any atom is 0.161 e. The Hall–Kier alpha value is -1.59. The van der Waals surface area contributed by atoms with Gasteiger partial charge in [0.2, 0.25) is 0 Å². The second-order valence-corrected chi connectivity index (χ2v) is 5.36. The van der Waals surface area contributed by atoms with Crippen LogP contribution in [0.2, 0.25) is 0 Å². The molecule has 0 fully saturated rings. The molecule has 1 aromatic carbocycles. The number of benzene rings is 1. The van der Waals surface area contributed by atoms with Gasteiger partial charge in [-0.25, -0.2) is 4.98 Å². The molecule has 1 atom stereocenters. The van der Waals surface area contributed by atoms with Gasteiger partial charge in [-0.15, -0.1) is 11.3 Å². The summed E-state index contributed by atoms with van der Waals surface area (Å²) in [5, 5.41) is 2.88. The van der Waals surface area contributed by atoms with Gasteiger partial charge in [0.15, 0.2) is 11.5 Å². The number of aromatic nitrogens is 1. The van der Waals surface area contributed by atoms with Crippen molar-refractivity contribution in [3.63, 3.8) is 0 Å². The van der Waals surface area contributed by atoms with Gasteiger partial charge in [0.05, 0.1) is 7.11 Å². The highest BCUT2D eigenvalue weighted by Gasteiger charge is 2.08. The van der Waals surface area contributed by atoms with Gasteiger partial charge in [-0.3, -0.25) is 0 Å². The SMILES string of the molecule is COc1cc(CC(C)N)ccc1OCc1nccs1. The zero-order valence-corrected chi connectivity index (χ0v) is 11.9. The van der Waals surface area contributed by atoms with Gasteiger partial charge in [-0.05, 0) is 31.0 Å². The second-order valence-electron chi connectivity index (χ2n) is 4.38. The molecule has 0 aliphatic rings. The fraction of sp³-hybridized carbons (Fsp3) is 0.357. The number of methoxy groups -OCH3 is 1. The molecule has 1 unspecified atom stereocenters. The van der Waals surface area contributed by atoms with E-state index in [4.69, 9.17) is 15.2 Å². The van der Waals surface area contributed by atoms with Gasteiger partial charge < -0.3 is 15.2 Å². The van der Waals surface area contributed by atoms with Crippen LogP contribution >= 0.6 is 11.3 Å². The van der Waals surface area contributed by atoms with Crippen LogP contribution in [0.15, 0.2) is 29.8 Å². The van der Waals surface area contributed by atoms with Crippen LogP contribution in [-0.4, -0.2) is 18.1 Å². The highest BCUT2D eigenvalue weighted by Crippen LogP contribution is 2.29. The molecule has 0 aliphatic carbocycles. The fourth-order valence-corrected chi connectivity index (χ4v) is 2.32. The van der Waals surface area contributed by atoms with Crippen LogP contribution in [0.4, 0.5) is 0 Å². The summed E-state index contributed by atoms with van der Waals surface area (Å²) < 4.78 is 11.1. The number of nitrogens with two attached hydrogens (primary N) is 1. The molecule has 102 valence electrons. The van der Waals surface area contributed by atoms with E-state index >= 15 is 0 Å². The minimum Gasteiger partial charge on any atom is -0.493 e. The average molecular weight is 278 g/mol. The molecule has 0 saturated carbocycles. The summed E-state index contributed by atoms with van der Waals surface area (Å²) in [6.45, 7) is 2.44. The molecule has 5 heteroatoms. The Labute approximate surface area is 117 Å². The summed E-state index contributed by atoms with van der Waals surface area (Å²) in [7, 11) is 1.64. The van der Waals surface area contributed by atoms with E-state index in [1.54, 1.807) is 24.6 Å². The number of hydrogen-bond donors (Lipinski definition) is 1. The van der Waals surface area contributed by atoms with Crippen LogP contribution in [0.25, 0.3) is 0 Å². The van der Waals surface area contributed by atoms with Crippen LogP contribution in [-0.2, 0) is 13.0 Å². The van der Waals surface area contributed by atoms with Gasteiger partial charge in [-0.2, -0.15) is 0 Å². The topological polar surface area (TPSA) is 57.4 Å². The molecule has 0 amide bonds. The van der Waals surface area contributed by atoms with Crippen molar-refractivity contribution in [2.75, 3.05) is 7.11 Å². The Morgan fingerprint density at radius 2 is 2.21 bits per heavy atom. The van der Waals surface area contributed by atoms with E-state index in [0.29, 0.717) is 6.61 Å². The molecule has 1 heterocycles. The van der Waals surface area contributed by atoms with Gasteiger partial charge in [0.25, 0.3) is 0 Å². The third-order valence-electron chi connectivity index (χ3n) is 2.62. The maximum atomic E-state index is 5.80. The second kappa shape index (κ2) is 6.54. The van der Waals surface area contributed by atoms with E-state index in [1.807, 2.05) is 30.5 Å². The highest BCUT2D eigenvalue weighted by molar-refractivity contribution is 7.09. The summed E-state index contributed by atoms with van der Waals surface area (Å²) in [6, 6.07) is 6.04. The highest BCUT2D eigenvalue weighted by atomic mass is 32.1. The molecule has 2 rings (SSSR count). The Morgan fingerprint density at radius 3 is 2.84 bits per heavy atom. The first-order valence-electron chi connectivity index (χ1n) is 6.12. The number of nitrogens with zero attached hydrogens (tertiary/aromatic N) is 1. The Morgan fingerprint density at radius 1 is 1.37 bits per heavy atom. The van der Waals surface area contributed by atoms with E-state index in [2.05, 4.69) is 4.98 Å². The molecule has 2 aromatic rings. The summed E-state index contributed by atoms with van der Waals surface area (Å²) in [4.78, 5) is 4.18. The lowest BCUT2D eigenvalue weighted by molar-refractivity contribution is 0.284. The number of ether oxygens (including phenoxy) is 2. The van der Waals surface area contributed by atoms with Gasteiger partial charge >= 0.3 is 0 Å². The normalized spacial score (nSPS) is 12.2. The quantitative estimate of drug-likeness (QED) is 0.882. The van der Waals surface area contributed by atoms with Crippen molar-refractivity contribution in [3.05, 3.63) is 40.3 Å². The molecule has 2 N–H and O–H groups in total. The average Bonchev–Trinajstić information content (AvgIpc) is 2.89. The lowest BCUT2D eigenvalue weighted by Crippen LogP contribution is -2.17. The summed E-state index contributed by atoms with van der Waals surface area (Å²) in [5.41, 5.74) is 6.94. The first kappa shape index (κ1) is 13.8. The minimum absolute atomic E-state index is 0.131. The van der Waals surface area contributed by atoms with Crippen molar-refractivity contribution in [2.45, 2.75) is 26.0 Å². The predicted molar refractivity (Wildman–Crippen MR) is 76.8 cm³/mol. The monoisotopic (exact) mass is 278 g/mol. The standard InChI is InChI=1S/C14H18N2O2S/c1-10(15)7-11-3-4-12(13(8-11)17-2)18-9-14-16-5-6-19-14/h3-6,8,10H,7,9,15H2,1-2H3. The maximum absolute atomic E-state index is 5.80. The van der Waals surface area contributed by atoms with Crippen molar-refractivity contribution in [1.29, 1.82) is 0 Å². The zero-order valence-electron chi connectivity index (χ0n) is 11.1. The van der Waals surface area contributed by atoms with Crippen molar-refractivity contribution in [1.82, 2.24) is 4.98 Å². The molecule has 0 bridgehead atoms. The van der Waals surface area contributed by atoms with Gasteiger partial charge in [0, 0.05) is 17.6 Å². The van der Waals surface area contributed by atoms with Gasteiger partial charge in [-0.1, -0.05) is 6.07 Å². The first-order valence-corrected chi connectivity index (χ1v) is 7.00. The molecule has 4 nitrogen and oxygen atoms in total. The van der Waals surface area contributed by atoms with Crippen LogP contribution in [0.5, 0.6) is 11.5 Å². The van der Waals surface area contributed by atoms with E-state index in [0.717, 1.165) is 28.5 Å². The van der Waals surface area contributed by atoms with E-state index in [1.165, 1.54) is 0 Å². The Bertz CT molecular complexity index is 512. The molecular weight excluding hydrogens is 260 g/mol. The Kier molecular flexibility index (Phi) is 4.76. The van der Waals surface area contributed by atoms with Crippen molar-refractivity contribution >= 4 is 11.3 Å². The first-order chi connectivity index (χ1) is 9.19. The third-order valence-corrected chi connectivity index (χ3v) is 3.37. The van der Waals surface area contributed by atoms with Crippen LogP contribution in [0, 0.1) is 0 Å². The molecule has 0 aliphatic heterocycles. The number of rotatable bonds is 6. The zero-order chi connectivity index (χ0) is 13.7. The Balaban J connectivity index is 2.07. The largest absolute Gasteiger partial charge is 0.493 e.